The molecule has 80 valence electrons. The monoisotopic (exact) mass is 214 g/mol. The summed E-state index contributed by atoms with van der Waals surface area (Å²) >= 11 is 1.97. The van der Waals surface area contributed by atoms with Crippen molar-refractivity contribution in [2.75, 3.05) is 18.1 Å². The molecule has 2 saturated heterocycles. The summed E-state index contributed by atoms with van der Waals surface area (Å²) in [5.41, 5.74) is 5.78. The normalized spacial score (nSPS) is 34.6. The fourth-order valence-corrected chi connectivity index (χ4v) is 3.42. The van der Waals surface area contributed by atoms with Crippen molar-refractivity contribution in [2.45, 2.75) is 37.8 Å². The van der Waals surface area contributed by atoms with E-state index >= 15 is 0 Å². The Kier molecular flexibility index (Phi) is 3.34. The second-order valence-corrected chi connectivity index (χ2v) is 5.30. The van der Waals surface area contributed by atoms with E-state index in [-0.39, 0.29) is 11.9 Å². The van der Waals surface area contributed by atoms with Gasteiger partial charge in [-0.1, -0.05) is 0 Å². The van der Waals surface area contributed by atoms with Crippen LogP contribution in [0.3, 0.4) is 0 Å². The van der Waals surface area contributed by atoms with Crippen molar-refractivity contribution in [1.29, 1.82) is 0 Å². The van der Waals surface area contributed by atoms with Gasteiger partial charge in [0.2, 0.25) is 5.91 Å². The second kappa shape index (κ2) is 4.53. The standard InChI is InChI=1S/C10H18N2OS/c11-9-4-1-5-12(10(9)13)8-3-2-6-14-7-8/h8-9H,1-7,11H2. The summed E-state index contributed by atoms with van der Waals surface area (Å²) < 4.78 is 0. The van der Waals surface area contributed by atoms with Crippen LogP contribution in [0.2, 0.25) is 0 Å². The highest BCUT2D eigenvalue weighted by Crippen LogP contribution is 2.24. The summed E-state index contributed by atoms with van der Waals surface area (Å²) in [6.45, 7) is 0.928. The van der Waals surface area contributed by atoms with Gasteiger partial charge >= 0.3 is 0 Å². The van der Waals surface area contributed by atoms with Crippen molar-refractivity contribution in [3.8, 4) is 0 Å². The molecule has 2 N–H and O–H groups in total. The van der Waals surface area contributed by atoms with Gasteiger partial charge in [-0.25, -0.2) is 0 Å². The zero-order valence-electron chi connectivity index (χ0n) is 8.45. The van der Waals surface area contributed by atoms with E-state index in [1.807, 2.05) is 16.7 Å². The Morgan fingerprint density at radius 3 is 2.93 bits per heavy atom. The van der Waals surface area contributed by atoms with E-state index in [1.165, 1.54) is 18.6 Å². The van der Waals surface area contributed by atoms with Gasteiger partial charge in [-0.05, 0) is 31.4 Å². The Hall–Kier alpha value is -0.220. The van der Waals surface area contributed by atoms with Gasteiger partial charge in [0, 0.05) is 18.3 Å². The lowest BCUT2D eigenvalue weighted by Gasteiger charge is -2.38. The van der Waals surface area contributed by atoms with Gasteiger partial charge in [0.05, 0.1) is 6.04 Å². The third kappa shape index (κ3) is 2.06. The summed E-state index contributed by atoms with van der Waals surface area (Å²) in [7, 11) is 0. The molecule has 14 heavy (non-hydrogen) atoms. The van der Waals surface area contributed by atoms with E-state index in [4.69, 9.17) is 5.73 Å². The van der Waals surface area contributed by atoms with Crippen LogP contribution in [0.25, 0.3) is 0 Å². The summed E-state index contributed by atoms with van der Waals surface area (Å²) in [5, 5.41) is 0. The predicted molar refractivity (Wildman–Crippen MR) is 59.3 cm³/mol. The first-order chi connectivity index (χ1) is 6.79. The summed E-state index contributed by atoms with van der Waals surface area (Å²) in [5.74, 6) is 2.55. The maximum atomic E-state index is 11.8. The van der Waals surface area contributed by atoms with Crippen LogP contribution in [0.1, 0.15) is 25.7 Å². The largest absolute Gasteiger partial charge is 0.338 e. The third-order valence-electron chi connectivity index (χ3n) is 3.09. The lowest BCUT2D eigenvalue weighted by atomic mass is 10.0. The molecular formula is C10H18N2OS. The van der Waals surface area contributed by atoms with E-state index in [0.717, 1.165) is 25.1 Å². The van der Waals surface area contributed by atoms with Crippen molar-refractivity contribution in [2.24, 2.45) is 5.73 Å². The molecule has 2 aliphatic rings. The van der Waals surface area contributed by atoms with Gasteiger partial charge in [0.15, 0.2) is 0 Å². The molecule has 4 heteroatoms. The molecule has 2 fully saturated rings. The Balaban J connectivity index is 1.97. The molecule has 2 unspecified atom stereocenters. The summed E-state index contributed by atoms with van der Waals surface area (Å²) in [4.78, 5) is 13.8. The minimum absolute atomic E-state index is 0.184. The molecule has 0 aromatic heterocycles. The number of nitrogens with zero attached hydrogens (tertiary/aromatic N) is 1. The molecule has 2 rings (SSSR count). The smallest absolute Gasteiger partial charge is 0.239 e. The van der Waals surface area contributed by atoms with Gasteiger partial charge in [-0.3, -0.25) is 4.79 Å². The van der Waals surface area contributed by atoms with Crippen LogP contribution in [-0.2, 0) is 4.79 Å². The molecule has 0 aliphatic carbocycles. The number of hydrogen-bond acceptors (Lipinski definition) is 3. The van der Waals surface area contributed by atoms with Crippen molar-refractivity contribution < 1.29 is 4.79 Å². The number of thioether (sulfide) groups is 1. The maximum Gasteiger partial charge on any atom is 0.239 e. The first kappa shape index (κ1) is 10.3. The van der Waals surface area contributed by atoms with Crippen molar-refractivity contribution in [1.82, 2.24) is 4.90 Å². The predicted octanol–water partition coefficient (Wildman–Crippen LogP) is 0.832. The fourth-order valence-electron chi connectivity index (χ4n) is 2.26. The molecular weight excluding hydrogens is 196 g/mol. The van der Waals surface area contributed by atoms with E-state index < -0.39 is 0 Å². The molecule has 0 saturated carbocycles. The van der Waals surface area contributed by atoms with E-state index in [2.05, 4.69) is 0 Å². The third-order valence-corrected chi connectivity index (χ3v) is 4.29. The molecule has 0 bridgehead atoms. The molecule has 0 aromatic carbocycles. The number of piperidine rings is 1. The molecule has 1 amide bonds. The van der Waals surface area contributed by atoms with Crippen molar-refractivity contribution in [3.05, 3.63) is 0 Å². The van der Waals surface area contributed by atoms with Gasteiger partial charge in [-0.2, -0.15) is 11.8 Å². The van der Waals surface area contributed by atoms with Crippen LogP contribution in [0.5, 0.6) is 0 Å². The van der Waals surface area contributed by atoms with E-state index in [9.17, 15) is 4.79 Å². The van der Waals surface area contributed by atoms with Crippen LogP contribution in [0, 0.1) is 0 Å². The van der Waals surface area contributed by atoms with E-state index in [0.29, 0.717) is 6.04 Å². The molecule has 0 aromatic rings. The zero-order chi connectivity index (χ0) is 9.97. The Labute approximate surface area is 89.4 Å². The van der Waals surface area contributed by atoms with Crippen LogP contribution < -0.4 is 5.73 Å². The lowest BCUT2D eigenvalue weighted by molar-refractivity contribution is -0.137. The zero-order valence-corrected chi connectivity index (χ0v) is 9.26. The second-order valence-electron chi connectivity index (χ2n) is 4.15. The summed E-state index contributed by atoms with van der Waals surface area (Å²) in [6.07, 6.45) is 4.36. The number of amides is 1. The number of rotatable bonds is 1. The molecule has 0 radical (unpaired) electrons. The average molecular weight is 214 g/mol. The average Bonchev–Trinajstić information content (AvgIpc) is 2.23. The number of carbonyl (C=O) groups is 1. The van der Waals surface area contributed by atoms with E-state index in [1.54, 1.807) is 0 Å². The van der Waals surface area contributed by atoms with Gasteiger partial charge < -0.3 is 10.6 Å². The van der Waals surface area contributed by atoms with Gasteiger partial charge in [0.1, 0.15) is 0 Å². The lowest BCUT2D eigenvalue weighted by Crippen LogP contribution is -2.53. The molecule has 0 spiro atoms. The molecule has 2 heterocycles. The Bertz CT molecular complexity index is 216. The minimum Gasteiger partial charge on any atom is -0.338 e. The minimum atomic E-state index is -0.226. The molecule has 3 nitrogen and oxygen atoms in total. The highest BCUT2D eigenvalue weighted by atomic mass is 32.2. The van der Waals surface area contributed by atoms with Crippen molar-refractivity contribution in [3.63, 3.8) is 0 Å². The summed E-state index contributed by atoms with van der Waals surface area (Å²) in [6, 6.07) is 0.239. The topological polar surface area (TPSA) is 46.3 Å². The number of hydrogen-bond donors (Lipinski definition) is 1. The fraction of sp³-hybridized carbons (Fsp3) is 0.900. The van der Waals surface area contributed by atoms with Crippen LogP contribution in [-0.4, -0.2) is 40.9 Å². The molecule has 2 atom stereocenters. The number of likely N-dealkylation sites (tertiary alicyclic amines) is 1. The van der Waals surface area contributed by atoms with Crippen LogP contribution in [0.15, 0.2) is 0 Å². The van der Waals surface area contributed by atoms with Gasteiger partial charge in [-0.15, -0.1) is 0 Å². The van der Waals surface area contributed by atoms with Gasteiger partial charge in [0.25, 0.3) is 0 Å². The SMILES string of the molecule is NC1CCCN(C2CCCSC2)C1=O. The Morgan fingerprint density at radius 2 is 2.21 bits per heavy atom. The Morgan fingerprint density at radius 1 is 1.36 bits per heavy atom. The highest BCUT2D eigenvalue weighted by Gasteiger charge is 2.31. The van der Waals surface area contributed by atoms with Crippen LogP contribution in [0.4, 0.5) is 0 Å². The first-order valence-electron chi connectivity index (χ1n) is 5.43. The maximum absolute atomic E-state index is 11.8. The quantitative estimate of drug-likeness (QED) is 0.703. The first-order valence-corrected chi connectivity index (χ1v) is 6.58. The van der Waals surface area contributed by atoms with Crippen molar-refractivity contribution >= 4 is 17.7 Å². The highest BCUT2D eigenvalue weighted by molar-refractivity contribution is 7.99. The molecule has 2 aliphatic heterocycles. The number of nitrogens with two attached hydrogens (primary N) is 1. The van der Waals surface area contributed by atoms with Crippen LogP contribution >= 0.6 is 11.8 Å². The number of carbonyl (C=O) groups excluding carboxylic acids is 1.